The summed E-state index contributed by atoms with van der Waals surface area (Å²) in [5, 5.41) is 9.50. The van der Waals surface area contributed by atoms with Gasteiger partial charge < -0.3 is 19.9 Å². The van der Waals surface area contributed by atoms with Gasteiger partial charge in [0.2, 0.25) is 5.91 Å². The molecule has 2 aromatic carbocycles. The quantitative estimate of drug-likeness (QED) is 0.648. The van der Waals surface area contributed by atoms with Crippen LogP contribution in [0.4, 0.5) is 11.4 Å². The number of anilines is 2. The summed E-state index contributed by atoms with van der Waals surface area (Å²) in [6, 6.07) is 12.2. The minimum Gasteiger partial charge on any atom is -0.489 e. The van der Waals surface area contributed by atoms with Crippen LogP contribution in [-0.2, 0) is 11.4 Å². The Balaban J connectivity index is 1.61. The van der Waals surface area contributed by atoms with Crippen molar-refractivity contribution in [2.75, 3.05) is 10.6 Å². The predicted molar refractivity (Wildman–Crippen MR) is 110 cm³/mol. The van der Waals surface area contributed by atoms with Crippen molar-refractivity contribution in [1.82, 2.24) is 5.16 Å². The van der Waals surface area contributed by atoms with Crippen LogP contribution in [-0.4, -0.2) is 17.0 Å². The molecule has 7 heteroatoms. The Morgan fingerprint density at radius 1 is 1.03 bits per heavy atom. The molecule has 0 saturated carbocycles. The Morgan fingerprint density at radius 2 is 1.76 bits per heavy atom. The summed E-state index contributed by atoms with van der Waals surface area (Å²) >= 11 is 0. The molecule has 2 N–H and O–H groups in total. The third-order valence-corrected chi connectivity index (χ3v) is 4.48. The van der Waals surface area contributed by atoms with Crippen LogP contribution in [0, 0.1) is 20.8 Å². The van der Waals surface area contributed by atoms with Crippen LogP contribution in [0.15, 0.2) is 47.0 Å². The highest BCUT2D eigenvalue weighted by atomic mass is 16.5. The van der Waals surface area contributed by atoms with Crippen molar-refractivity contribution in [3.63, 3.8) is 0 Å². The van der Waals surface area contributed by atoms with E-state index in [1.807, 2.05) is 26.8 Å². The van der Waals surface area contributed by atoms with Crippen molar-refractivity contribution in [1.29, 1.82) is 0 Å². The molecule has 0 bridgehead atoms. The maximum atomic E-state index is 12.5. The van der Waals surface area contributed by atoms with E-state index in [0.717, 1.165) is 28.3 Å². The van der Waals surface area contributed by atoms with Crippen molar-refractivity contribution < 1.29 is 18.8 Å². The van der Waals surface area contributed by atoms with Crippen LogP contribution in [0.3, 0.4) is 0 Å². The fourth-order valence-electron chi connectivity index (χ4n) is 2.84. The minimum absolute atomic E-state index is 0.137. The summed E-state index contributed by atoms with van der Waals surface area (Å²) in [7, 11) is 0. The molecule has 0 unspecified atom stereocenters. The summed E-state index contributed by atoms with van der Waals surface area (Å²) in [4.78, 5) is 23.7. The monoisotopic (exact) mass is 393 g/mol. The standard InChI is InChI=1S/C22H23N3O4/c1-13-11-18(7-10-21(13)23-16(4)26)24-22(27)17-5-8-19(9-6-17)28-12-20-14(2)25-29-15(20)3/h5-11H,12H2,1-4H3,(H,23,26)(H,24,27). The highest BCUT2D eigenvalue weighted by Gasteiger charge is 2.11. The largest absolute Gasteiger partial charge is 0.489 e. The molecule has 0 atom stereocenters. The van der Waals surface area contributed by atoms with E-state index >= 15 is 0 Å². The zero-order chi connectivity index (χ0) is 21.0. The first-order chi connectivity index (χ1) is 13.8. The molecular weight excluding hydrogens is 370 g/mol. The first-order valence-electron chi connectivity index (χ1n) is 9.17. The van der Waals surface area contributed by atoms with Crippen molar-refractivity contribution in [3.8, 4) is 5.75 Å². The molecule has 3 rings (SSSR count). The topological polar surface area (TPSA) is 93.5 Å². The lowest BCUT2D eigenvalue weighted by atomic mass is 10.1. The van der Waals surface area contributed by atoms with Crippen LogP contribution in [0.5, 0.6) is 5.75 Å². The molecule has 0 aliphatic heterocycles. The SMILES string of the molecule is CC(=O)Nc1ccc(NC(=O)c2ccc(OCc3c(C)noc3C)cc2)cc1C. The second kappa shape index (κ2) is 8.60. The first kappa shape index (κ1) is 20.1. The van der Waals surface area contributed by atoms with Gasteiger partial charge in [-0.05, 0) is 68.8 Å². The molecule has 0 aliphatic rings. The zero-order valence-electron chi connectivity index (χ0n) is 16.8. The summed E-state index contributed by atoms with van der Waals surface area (Å²) < 4.78 is 10.9. The molecule has 0 spiro atoms. The van der Waals surface area contributed by atoms with Gasteiger partial charge in [-0.1, -0.05) is 5.16 Å². The Kier molecular flexibility index (Phi) is 5.97. The number of ether oxygens (including phenoxy) is 1. The van der Waals surface area contributed by atoms with Gasteiger partial charge in [-0.25, -0.2) is 0 Å². The van der Waals surface area contributed by atoms with E-state index in [-0.39, 0.29) is 11.8 Å². The number of rotatable bonds is 6. The maximum Gasteiger partial charge on any atom is 0.255 e. The summed E-state index contributed by atoms with van der Waals surface area (Å²) in [6.07, 6.45) is 0. The number of nitrogens with one attached hydrogen (secondary N) is 2. The van der Waals surface area contributed by atoms with Gasteiger partial charge >= 0.3 is 0 Å². The molecule has 0 saturated heterocycles. The molecule has 0 fully saturated rings. The van der Waals surface area contributed by atoms with E-state index < -0.39 is 0 Å². The lowest BCUT2D eigenvalue weighted by molar-refractivity contribution is -0.114. The summed E-state index contributed by atoms with van der Waals surface area (Å²) in [5.74, 6) is 1.02. The highest BCUT2D eigenvalue weighted by Crippen LogP contribution is 2.21. The van der Waals surface area contributed by atoms with Gasteiger partial charge in [-0.3, -0.25) is 9.59 Å². The van der Waals surface area contributed by atoms with Gasteiger partial charge in [0.25, 0.3) is 5.91 Å². The zero-order valence-corrected chi connectivity index (χ0v) is 16.8. The van der Waals surface area contributed by atoms with Crippen LogP contribution < -0.4 is 15.4 Å². The molecule has 7 nitrogen and oxygen atoms in total. The lowest BCUT2D eigenvalue weighted by Crippen LogP contribution is -2.12. The fraction of sp³-hybridized carbons (Fsp3) is 0.227. The van der Waals surface area contributed by atoms with Crippen molar-refractivity contribution >= 4 is 23.2 Å². The van der Waals surface area contributed by atoms with Gasteiger partial charge in [0.1, 0.15) is 18.1 Å². The molecular formula is C22H23N3O4. The van der Waals surface area contributed by atoms with E-state index in [9.17, 15) is 9.59 Å². The second-order valence-electron chi connectivity index (χ2n) is 6.78. The number of aromatic nitrogens is 1. The van der Waals surface area contributed by atoms with Crippen LogP contribution in [0.25, 0.3) is 0 Å². The highest BCUT2D eigenvalue weighted by molar-refractivity contribution is 6.04. The van der Waals surface area contributed by atoms with Crippen LogP contribution in [0.2, 0.25) is 0 Å². The van der Waals surface area contributed by atoms with Crippen molar-refractivity contribution in [2.45, 2.75) is 34.3 Å². The Bertz CT molecular complexity index is 1020. The number of hydrogen-bond acceptors (Lipinski definition) is 5. The average molecular weight is 393 g/mol. The average Bonchev–Trinajstić information content (AvgIpc) is 3.00. The molecule has 0 radical (unpaired) electrons. The molecule has 29 heavy (non-hydrogen) atoms. The second-order valence-corrected chi connectivity index (χ2v) is 6.78. The number of aryl methyl sites for hydroxylation is 3. The van der Waals surface area contributed by atoms with E-state index in [0.29, 0.717) is 23.6 Å². The number of nitrogens with zero attached hydrogens (tertiary/aromatic N) is 1. The predicted octanol–water partition coefficient (Wildman–Crippen LogP) is 4.39. The Morgan fingerprint density at radius 3 is 2.34 bits per heavy atom. The smallest absolute Gasteiger partial charge is 0.255 e. The molecule has 1 aromatic heterocycles. The minimum atomic E-state index is -0.228. The van der Waals surface area contributed by atoms with E-state index in [2.05, 4.69) is 15.8 Å². The van der Waals surface area contributed by atoms with Crippen LogP contribution in [0.1, 0.15) is 39.9 Å². The maximum absolute atomic E-state index is 12.5. The number of amides is 2. The van der Waals surface area contributed by atoms with E-state index in [1.54, 1.807) is 36.4 Å². The van der Waals surface area contributed by atoms with E-state index in [1.165, 1.54) is 6.92 Å². The third-order valence-electron chi connectivity index (χ3n) is 4.48. The molecule has 3 aromatic rings. The van der Waals surface area contributed by atoms with Crippen molar-refractivity contribution in [2.24, 2.45) is 0 Å². The van der Waals surface area contributed by atoms with Gasteiger partial charge in [-0.15, -0.1) is 0 Å². The fourth-order valence-corrected chi connectivity index (χ4v) is 2.84. The Labute approximate surface area is 169 Å². The molecule has 0 aliphatic carbocycles. The van der Waals surface area contributed by atoms with Gasteiger partial charge in [-0.2, -0.15) is 0 Å². The summed E-state index contributed by atoms with van der Waals surface area (Å²) in [6.45, 7) is 7.39. The number of carbonyl (C=O) groups excluding carboxylic acids is 2. The number of hydrogen-bond donors (Lipinski definition) is 2. The van der Waals surface area contributed by atoms with Gasteiger partial charge in [0.05, 0.1) is 11.3 Å². The van der Waals surface area contributed by atoms with Crippen molar-refractivity contribution in [3.05, 3.63) is 70.6 Å². The van der Waals surface area contributed by atoms with Crippen LogP contribution >= 0.6 is 0 Å². The van der Waals surface area contributed by atoms with Gasteiger partial charge in [0, 0.05) is 23.9 Å². The number of carbonyl (C=O) groups is 2. The van der Waals surface area contributed by atoms with Gasteiger partial charge in [0.15, 0.2) is 0 Å². The summed E-state index contributed by atoms with van der Waals surface area (Å²) in [5.41, 5.74) is 4.47. The first-order valence-corrected chi connectivity index (χ1v) is 9.17. The normalized spacial score (nSPS) is 10.5. The molecule has 1 heterocycles. The lowest BCUT2D eigenvalue weighted by Gasteiger charge is -2.11. The Hall–Kier alpha value is -3.61. The molecule has 2 amide bonds. The molecule has 150 valence electrons. The number of benzene rings is 2. The third kappa shape index (κ3) is 5.01. The van der Waals surface area contributed by atoms with E-state index in [4.69, 9.17) is 9.26 Å².